The van der Waals surface area contributed by atoms with Crippen molar-refractivity contribution in [1.82, 2.24) is 0 Å². The highest BCUT2D eigenvalue weighted by Gasteiger charge is 2.63. The Morgan fingerprint density at radius 3 is 1.00 bits per heavy atom. The molecule has 0 spiro atoms. The zero-order valence-electron chi connectivity index (χ0n) is 27.4. The Bertz CT molecular complexity index is 702. The minimum absolute atomic E-state index is 0.0674. The van der Waals surface area contributed by atoms with Crippen LogP contribution in [0.5, 0.6) is 0 Å². The highest BCUT2D eigenvalue weighted by atomic mass is 31.1. The Kier molecular flexibility index (Phi) is 12.1. The molecule has 42 heavy (non-hydrogen) atoms. The van der Waals surface area contributed by atoms with Crippen LogP contribution in [0.4, 0.5) is 0 Å². The van der Waals surface area contributed by atoms with E-state index in [2.05, 4.69) is 0 Å². The van der Waals surface area contributed by atoms with Gasteiger partial charge >= 0.3 is 0 Å². The van der Waals surface area contributed by atoms with E-state index in [1.807, 2.05) is 14.2 Å². The Labute approximate surface area is 261 Å². The number of hydrogen-bond donors (Lipinski definition) is 0. The molecule has 0 radical (unpaired) electrons. The number of rotatable bonds is 10. The fraction of sp³-hybridized carbons (Fsp3) is 1.00. The summed E-state index contributed by atoms with van der Waals surface area (Å²) in [5, 5.41) is 0. The van der Waals surface area contributed by atoms with Gasteiger partial charge in [-0.2, -0.15) is 0 Å². The topological polar surface area (TPSA) is 36.9 Å². The van der Waals surface area contributed by atoms with E-state index in [9.17, 15) is 0 Å². The van der Waals surface area contributed by atoms with E-state index in [4.69, 9.17) is 18.9 Å². The Morgan fingerprint density at radius 2 is 0.738 bits per heavy atom. The molecule has 6 aliphatic rings. The zero-order chi connectivity index (χ0) is 28.8. The number of methoxy groups -OCH3 is 2. The Morgan fingerprint density at radius 1 is 0.452 bits per heavy atom. The molecule has 0 aromatic carbocycles. The first-order valence-electron chi connectivity index (χ1n) is 18.6. The van der Waals surface area contributed by atoms with Crippen molar-refractivity contribution in [3.8, 4) is 0 Å². The molecule has 1 saturated heterocycles. The molecule has 0 N–H and O–H groups in total. The minimum Gasteiger partial charge on any atom is -0.349 e. The lowest BCUT2D eigenvalue weighted by atomic mass is 9.85. The molecular formula is C36H64O4P2. The molecular weight excluding hydrogens is 558 g/mol. The van der Waals surface area contributed by atoms with E-state index < -0.39 is 11.6 Å². The van der Waals surface area contributed by atoms with Gasteiger partial charge in [0.2, 0.25) is 11.6 Å². The van der Waals surface area contributed by atoms with Crippen molar-refractivity contribution in [1.29, 1.82) is 0 Å². The number of fused-ring (bicyclic) bond motifs is 1. The van der Waals surface area contributed by atoms with Crippen molar-refractivity contribution in [2.75, 3.05) is 26.5 Å². The van der Waals surface area contributed by atoms with Crippen LogP contribution in [0.25, 0.3) is 0 Å². The molecule has 242 valence electrons. The van der Waals surface area contributed by atoms with Gasteiger partial charge in [0.15, 0.2) is 0 Å². The normalized spacial score (nSPS) is 36.9. The maximum atomic E-state index is 7.48. The summed E-state index contributed by atoms with van der Waals surface area (Å²) in [4.78, 5) is 0. The smallest absolute Gasteiger partial charge is 0.223 e. The molecule has 4 unspecified atom stereocenters. The van der Waals surface area contributed by atoms with Crippen LogP contribution < -0.4 is 0 Å². The second-order valence-corrected chi connectivity index (χ2v) is 20.7. The van der Waals surface area contributed by atoms with Gasteiger partial charge < -0.3 is 18.9 Å². The first kappa shape index (κ1) is 32.6. The summed E-state index contributed by atoms with van der Waals surface area (Å²) in [6.07, 6.45) is 36.0. The van der Waals surface area contributed by atoms with Gasteiger partial charge in [0.1, 0.15) is 0 Å². The Hall–Kier alpha value is 0.700. The molecule has 6 heteroatoms. The van der Waals surface area contributed by atoms with Crippen LogP contribution in [-0.2, 0) is 18.9 Å². The van der Waals surface area contributed by atoms with Crippen LogP contribution in [0.1, 0.15) is 154 Å². The standard InChI is InChI=1S/C36H64O4P2/c1-37-35-25-15-16-26-36(35,38-2)40-34(28-42(31-21-11-5-12-22-31)32-23-13-6-14-24-32)33(39-35)27-41(29-17-7-3-8-18-29)30-19-9-4-10-20-30/h29-34H,3-28H2,1-2H3. The first-order valence-corrected chi connectivity index (χ1v) is 22.0. The lowest BCUT2D eigenvalue weighted by Crippen LogP contribution is -2.70. The predicted octanol–water partition coefficient (Wildman–Crippen LogP) is 10.3. The molecule has 5 aliphatic carbocycles. The lowest BCUT2D eigenvalue weighted by molar-refractivity contribution is -0.464. The second-order valence-electron chi connectivity index (χ2n) is 15.0. The highest BCUT2D eigenvalue weighted by Crippen LogP contribution is 2.61. The highest BCUT2D eigenvalue weighted by molar-refractivity contribution is 7.59. The third-order valence-electron chi connectivity index (χ3n) is 12.6. The molecule has 1 heterocycles. The van der Waals surface area contributed by atoms with Gasteiger partial charge in [0, 0.05) is 27.1 Å². The van der Waals surface area contributed by atoms with Crippen molar-refractivity contribution in [3.05, 3.63) is 0 Å². The molecule has 6 rings (SSSR count). The maximum Gasteiger partial charge on any atom is 0.223 e. The summed E-state index contributed by atoms with van der Waals surface area (Å²) in [6, 6.07) is 0. The van der Waals surface area contributed by atoms with Crippen LogP contribution >= 0.6 is 15.8 Å². The summed E-state index contributed by atoms with van der Waals surface area (Å²) in [7, 11) is 3.59. The first-order chi connectivity index (χ1) is 20.7. The zero-order valence-corrected chi connectivity index (χ0v) is 29.2. The molecule has 4 atom stereocenters. The van der Waals surface area contributed by atoms with Crippen molar-refractivity contribution in [2.45, 2.75) is 201 Å². The largest absolute Gasteiger partial charge is 0.349 e. The van der Waals surface area contributed by atoms with Crippen LogP contribution in [0.2, 0.25) is 0 Å². The molecule has 5 saturated carbocycles. The quantitative estimate of drug-likeness (QED) is 0.227. The van der Waals surface area contributed by atoms with Crippen LogP contribution in [0, 0.1) is 0 Å². The summed E-state index contributed by atoms with van der Waals surface area (Å²) < 4.78 is 27.8. The van der Waals surface area contributed by atoms with Gasteiger partial charge in [-0.3, -0.25) is 0 Å². The number of hydrogen-bond acceptors (Lipinski definition) is 4. The van der Waals surface area contributed by atoms with Crippen molar-refractivity contribution in [2.24, 2.45) is 0 Å². The molecule has 6 fully saturated rings. The molecule has 0 bridgehead atoms. The summed E-state index contributed by atoms with van der Waals surface area (Å²) >= 11 is 0. The average Bonchev–Trinajstić information content (AvgIpc) is 3.07. The summed E-state index contributed by atoms with van der Waals surface area (Å²) in [5.74, 6) is -1.50. The van der Waals surface area contributed by atoms with Gasteiger partial charge in [-0.1, -0.05) is 92.9 Å². The van der Waals surface area contributed by atoms with Gasteiger partial charge in [0.25, 0.3) is 0 Å². The molecule has 1 aliphatic heterocycles. The van der Waals surface area contributed by atoms with E-state index in [1.165, 1.54) is 141 Å². The van der Waals surface area contributed by atoms with E-state index in [0.29, 0.717) is 0 Å². The average molecular weight is 623 g/mol. The van der Waals surface area contributed by atoms with Crippen molar-refractivity contribution in [3.63, 3.8) is 0 Å². The Balaban J connectivity index is 1.31. The summed E-state index contributed by atoms with van der Waals surface area (Å²) in [5.41, 5.74) is 3.77. The van der Waals surface area contributed by atoms with Gasteiger partial charge in [-0.15, -0.1) is 0 Å². The van der Waals surface area contributed by atoms with Gasteiger partial charge in [0.05, 0.1) is 12.2 Å². The molecule has 0 aromatic heterocycles. The third-order valence-corrected chi connectivity index (χ3v) is 19.9. The second kappa shape index (κ2) is 15.5. The minimum atomic E-state index is -0.750. The number of ether oxygens (including phenoxy) is 4. The van der Waals surface area contributed by atoms with Crippen LogP contribution in [0.3, 0.4) is 0 Å². The summed E-state index contributed by atoms with van der Waals surface area (Å²) in [6.45, 7) is 0. The molecule has 4 nitrogen and oxygen atoms in total. The molecule has 0 aromatic rings. The van der Waals surface area contributed by atoms with Crippen LogP contribution in [0.15, 0.2) is 0 Å². The van der Waals surface area contributed by atoms with E-state index in [1.54, 1.807) is 0 Å². The predicted molar refractivity (Wildman–Crippen MR) is 179 cm³/mol. The van der Waals surface area contributed by atoms with Crippen LogP contribution in [-0.4, -0.2) is 73.0 Å². The fourth-order valence-corrected chi connectivity index (χ4v) is 18.2. The van der Waals surface area contributed by atoms with E-state index in [-0.39, 0.29) is 28.1 Å². The van der Waals surface area contributed by atoms with Gasteiger partial charge in [-0.05, 0) is 99.2 Å². The van der Waals surface area contributed by atoms with Gasteiger partial charge in [-0.25, -0.2) is 0 Å². The maximum absolute atomic E-state index is 7.48. The SMILES string of the molecule is COC12CCCCC1(OC)OC(CP(C1CCCCC1)C1CCCCC1)C(CP(C1CCCCC1)C1CCCCC1)O2. The van der Waals surface area contributed by atoms with E-state index >= 15 is 0 Å². The van der Waals surface area contributed by atoms with Crippen molar-refractivity contribution >= 4 is 15.8 Å². The van der Waals surface area contributed by atoms with E-state index in [0.717, 1.165) is 48.3 Å². The fourth-order valence-electron chi connectivity index (χ4n) is 10.2. The monoisotopic (exact) mass is 622 g/mol. The van der Waals surface area contributed by atoms with Crippen molar-refractivity contribution < 1.29 is 18.9 Å². The third kappa shape index (κ3) is 7.15. The molecule has 0 amide bonds. The lowest BCUT2D eigenvalue weighted by Gasteiger charge is -2.58.